The summed E-state index contributed by atoms with van der Waals surface area (Å²) in [6.07, 6.45) is 12.2. The van der Waals surface area contributed by atoms with Crippen molar-refractivity contribution in [2.75, 3.05) is 0 Å². The molecule has 0 N–H and O–H groups in total. The first-order valence-electron chi connectivity index (χ1n) is 7.04. The Morgan fingerprint density at radius 3 is 1.23 bits per heavy atom. The van der Waals surface area contributed by atoms with E-state index in [1.807, 2.05) is 38.6 Å². The van der Waals surface area contributed by atoms with Crippen LogP contribution in [0.15, 0.2) is 37.2 Å². The molecule has 0 bridgehead atoms. The fraction of sp³-hybridized carbons (Fsp3) is 0.250. The highest BCUT2D eigenvalue weighted by Gasteiger charge is 2.03. The van der Waals surface area contributed by atoms with E-state index in [1.54, 1.807) is 12.4 Å². The lowest BCUT2D eigenvalue weighted by atomic mass is 10.2. The maximum Gasteiger partial charge on any atom is 0.125 e. The lowest BCUT2D eigenvalue weighted by Gasteiger charge is -2.03. The molecule has 3 heterocycles. The molecule has 110 valence electrons. The van der Waals surface area contributed by atoms with E-state index in [-0.39, 0.29) is 0 Å². The Labute approximate surface area is 128 Å². The van der Waals surface area contributed by atoms with E-state index >= 15 is 0 Å². The van der Waals surface area contributed by atoms with Gasteiger partial charge in [0.1, 0.15) is 11.6 Å². The molecular weight excluding hydrogens is 276 g/mol. The average Bonchev–Trinajstić information content (AvgIpc) is 2.54. The van der Waals surface area contributed by atoms with Crippen LogP contribution >= 0.6 is 0 Å². The van der Waals surface area contributed by atoms with Gasteiger partial charge in [0.05, 0.1) is 11.4 Å². The van der Waals surface area contributed by atoms with E-state index in [4.69, 9.17) is 0 Å². The maximum atomic E-state index is 4.45. The Morgan fingerprint density at radius 1 is 0.545 bits per heavy atom. The van der Waals surface area contributed by atoms with Crippen molar-refractivity contribution in [1.82, 2.24) is 29.9 Å². The van der Waals surface area contributed by atoms with Crippen LogP contribution in [-0.4, -0.2) is 29.9 Å². The van der Waals surface area contributed by atoms with Crippen LogP contribution < -0.4 is 0 Å². The van der Waals surface area contributed by atoms with Gasteiger partial charge in [0.2, 0.25) is 0 Å². The summed E-state index contributed by atoms with van der Waals surface area (Å²) >= 11 is 0. The van der Waals surface area contributed by atoms with Gasteiger partial charge in [0.25, 0.3) is 0 Å². The van der Waals surface area contributed by atoms with Gasteiger partial charge in [-0.15, -0.1) is 0 Å². The number of rotatable bonds is 4. The first-order chi connectivity index (χ1) is 10.7. The summed E-state index contributed by atoms with van der Waals surface area (Å²) in [5, 5.41) is 0. The average molecular weight is 292 g/mol. The van der Waals surface area contributed by atoms with Gasteiger partial charge < -0.3 is 0 Å². The Bertz CT molecular complexity index is 669. The molecule has 0 fully saturated rings. The molecule has 3 aromatic rings. The summed E-state index contributed by atoms with van der Waals surface area (Å²) in [5.74, 6) is 1.54. The molecule has 0 saturated carbocycles. The quantitative estimate of drug-likeness (QED) is 0.730. The van der Waals surface area contributed by atoms with Gasteiger partial charge in [0, 0.05) is 50.0 Å². The number of hydrogen-bond acceptors (Lipinski definition) is 6. The monoisotopic (exact) mass is 292 g/mol. The highest BCUT2D eigenvalue weighted by Crippen LogP contribution is 2.07. The first-order valence-corrected chi connectivity index (χ1v) is 7.04. The van der Waals surface area contributed by atoms with Gasteiger partial charge in [-0.05, 0) is 25.0 Å². The minimum Gasteiger partial charge on any atom is -0.257 e. The summed E-state index contributed by atoms with van der Waals surface area (Å²) in [5.41, 5.74) is 3.85. The van der Waals surface area contributed by atoms with Gasteiger partial charge in [-0.2, -0.15) is 0 Å². The number of nitrogens with zero attached hydrogens (tertiary/aromatic N) is 6. The van der Waals surface area contributed by atoms with Crippen molar-refractivity contribution < 1.29 is 0 Å². The van der Waals surface area contributed by atoms with Crippen molar-refractivity contribution in [3.63, 3.8) is 0 Å². The zero-order chi connectivity index (χ0) is 15.4. The second kappa shape index (κ2) is 6.34. The molecule has 3 rings (SSSR count). The summed E-state index contributed by atoms with van der Waals surface area (Å²) < 4.78 is 0. The zero-order valence-electron chi connectivity index (χ0n) is 12.6. The third kappa shape index (κ3) is 3.66. The lowest BCUT2D eigenvalue weighted by molar-refractivity contribution is 0.931. The van der Waals surface area contributed by atoms with Crippen LogP contribution in [0, 0.1) is 13.8 Å². The van der Waals surface area contributed by atoms with Gasteiger partial charge in [-0.25, -0.2) is 19.9 Å². The van der Waals surface area contributed by atoms with E-state index < -0.39 is 0 Å². The van der Waals surface area contributed by atoms with Gasteiger partial charge in [0.15, 0.2) is 0 Å². The number of aromatic nitrogens is 6. The molecule has 0 saturated heterocycles. The Morgan fingerprint density at radius 2 is 0.909 bits per heavy atom. The third-order valence-corrected chi connectivity index (χ3v) is 3.20. The maximum absolute atomic E-state index is 4.45. The molecule has 0 atom stereocenters. The van der Waals surface area contributed by atoms with Gasteiger partial charge in [-0.3, -0.25) is 9.97 Å². The summed E-state index contributed by atoms with van der Waals surface area (Å²) in [4.78, 5) is 25.6. The van der Waals surface area contributed by atoms with Crippen molar-refractivity contribution >= 4 is 0 Å². The zero-order valence-corrected chi connectivity index (χ0v) is 12.6. The van der Waals surface area contributed by atoms with Crippen LogP contribution in [0.2, 0.25) is 0 Å². The van der Waals surface area contributed by atoms with E-state index in [0.717, 1.165) is 34.2 Å². The van der Waals surface area contributed by atoms with Crippen LogP contribution in [0.3, 0.4) is 0 Å². The minimum absolute atomic E-state index is 0.682. The predicted molar refractivity (Wildman–Crippen MR) is 81.2 cm³/mol. The van der Waals surface area contributed by atoms with Crippen molar-refractivity contribution in [2.24, 2.45) is 0 Å². The van der Waals surface area contributed by atoms with Crippen molar-refractivity contribution in [1.29, 1.82) is 0 Å². The fourth-order valence-electron chi connectivity index (χ4n) is 2.00. The van der Waals surface area contributed by atoms with Gasteiger partial charge in [-0.1, -0.05) is 0 Å². The number of hydrogen-bond donors (Lipinski definition) is 0. The lowest BCUT2D eigenvalue weighted by Crippen LogP contribution is -2.00. The molecule has 0 aliphatic rings. The standard InChI is InChI=1S/C16H16N6/c1-11-17-5-13(6-18-11)3-15-9-22-16(10-21-15)4-14-7-19-12(2)20-8-14/h5-10H,3-4H2,1-2H3. The van der Waals surface area contributed by atoms with Crippen LogP contribution in [0.4, 0.5) is 0 Å². The largest absolute Gasteiger partial charge is 0.257 e. The molecule has 0 amide bonds. The Hall–Kier alpha value is -2.76. The molecule has 0 spiro atoms. The van der Waals surface area contributed by atoms with Crippen LogP contribution in [0.25, 0.3) is 0 Å². The molecule has 0 aliphatic carbocycles. The van der Waals surface area contributed by atoms with E-state index in [1.165, 1.54) is 0 Å². The highest BCUT2D eigenvalue weighted by molar-refractivity contribution is 5.18. The SMILES string of the molecule is Cc1ncc(Cc2cnc(Cc3cnc(C)nc3)cn2)cn1. The van der Waals surface area contributed by atoms with Crippen molar-refractivity contribution in [2.45, 2.75) is 26.7 Å². The van der Waals surface area contributed by atoms with Crippen molar-refractivity contribution in [3.8, 4) is 0 Å². The first kappa shape index (κ1) is 14.2. The smallest absolute Gasteiger partial charge is 0.125 e. The Kier molecular flexibility index (Phi) is 4.09. The van der Waals surface area contributed by atoms with Crippen LogP contribution in [-0.2, 0) is 12.8 Å². The molecule has 3 aromatic heterocycles. The predicted octanol–water partition coefficient (Wildman–Crippen LogP) is 1.86. The summed E-state index contributed by atoms with van der Waals surface area (Å²) in [7, 11) is 0. The molecule has 6 nitrogen and oxygen atoms in total. The number of aryl methyl sites for hydroxylation is 2. The molecule has 0 radical (unpaired) electrons. The summed E-state index contributed by atoms with van der Waals surface area (Å²) in [6.45, 7) is 3.74. The van der Waals surface area contributed by atoms with Gasteiger partial charge >= 0.3 is 0 Å². The normalized spacial score (nSPS) is 10.6. The molecule has 0 aromatic carbocycles. The van der Waals surface area contributed by atoms with E-state index in [9.17, 15) is 0 Å². The molecule has 0 aliphatic heterocycles. The second-order valence-corrected chi connectivity index (χ2v) is 5.13. The topological polar surface area (TPSA) is 77.3 Å². The Balaban J connectivity index is 1.67. The third-order valence-electron chi connectivity index (χ3n) is 3.20. The van der Waals surface area contributed by atoms with Crippen LogP contribution in [0.5, 0.6) is 0 Å². The molecular formula is C16H16N6. The summed E-state index contributed by atoms with van der Waals surface area (Å²) in [6, 6.07) is 0. The molecule has 6 heteroatoms. The van der Waals surface area contributed by atoms with E-state index in [0.29, 0.717) is 12.8 Å². The fourth-order valence-corrected chi connectivity index (χ4v) is 2.00. The molecule has 22 heavy (non-hydrogen) atoms. The minimum atomic E-state index is 0.682. The van der Waals surface area contributed by atoms with E-state index in [2.05, 4.69) is 29.9 Å². The molecule has 0 unspecified atom stereocenters. The van der Waals surface area contributed by atoms with Crippen LogP contribution in [0.1, 0.15) is 34.2 Å². The second-order valence-electron chi connectivity index (χ2n) is 5.13. The van der Waals surface area contributed by atoms with Crippen molar-refractivity contribution in [3.05, 3.63) is 71.3 Å². The highest BCUT2D eigenvalue weighted by atomic mass is 14.9.